The summed E-state index contributed by atoms with van der Waals surface area (Å²) in [6.07, 6.45) is 5.35. The van der Waals surface area contributed by atoms with Gasteiger partial charge in [0.2, 0.25) is 5.56 Å². The molecule has 1 fully saturated rings. The van der Waals surface area contributed by atoms with Crippen LogP contribution in [0.4, 0.5) is 0 Å². The number of rotatable bonds is 2. The third-order valence-corrected chi connectivity index (χ3v) is 8.36. The van der Waals surface area contributed by atoms with Gasteiger partial charge < -0.3 is 14.5 Å². The van der Waals surface area contributed by atoms with Crippen molar-refractivity contribution in [3.63, 3.8) is 0 Å². The number of aryl methyl sites for hydroxylation is 1. The monoisotopic (exact) mass is 452 g/mol. The molecule has 1 aliphatic carbocycles. The van der Waals surface area contributed by atoms with E-state index in [1.54, 1.807) is 24.0 Å². The Balaban J connectivity index is 1.35. The van der Waals surface area contributed by atoms with Crippen molar-refractivity contribution in [1.82, 2.24) is 19.4 Å². The molecule has 2 bridgehead atoms. The second-order valence-electron chi connectivity index (χ2n) is 10.1. The first-order valence-corrected chi connectivity index (χ1v) is 11.9. The second kappa shape index (κ2) is 7.42. The average molecular weight is 453 g/mol. The summed E-state index contributed by atoms with van der Waals surface area (Å²) >= 11 is 0. The van der Waals surface area contributed by atoms with Gasteiger partial charge in [-0.3, -0.25) is 9.59 Å². The van der Waals surface area contributed by atoms with Crippen LogP contribution in [0.1, 0.15) is 41.8 Å². The highest BCUT2D eigenvalue weighted by Crippen LogP contribution is 2.49. The lowest BCUT2D eigenvalue weighted by Crippen LogP contribution is -2.59. The van der Waals surface area contributed by atoms with Crippen molar-refractivity contribution >= 4 is 16.9 Å². The maximum Gasteiger partial charge on any atom is 0.254 e. The number of fused-ring (bicyclic) bond motifs is 5. The summed E-state index contributed by atoms with van der Waals surface area (Å²) in [5, 5.41) is 0. The normalized spacial score (nSPS) is 23.7. The second-order valence-corrected chi connectivity index (χ2v) is 10.1. The number of aromatic amines is 1. The molecule has 1 aliphatic heterocycles. The number of carbonyl (C=O) groups is 1. The topological polar surface area (TPSA) is 71.0 Å². The summed E-state index contributed by atoms with van der Waals surface area (Å²) in [6.45, 7) is 5.39. The van der Waals surface area contributed by atoms with Crippen molar-refractivity contribution in [3.05, 3.63) is 88.1 Å². The van der Waals surface area contributed by atoms with Crippen molar-refractivity contribution < 1.29 is 4.79 Å². The molecule has 6 rings (SSSR count). The lowest BCUT2D eigenvalue weighted by Gasteiger charge is -2.54. The molecule has 0 saturated carbocycles. The first kappa shape index (κ1) is 20.9. The predicted octanol–water partition coefficient (Wildman–Crippen LogP) is 4.29. The van der Waals surface area contributed by atoms with Gasteiger partial charge in [0.15, 0.2) is 0 Å². The number of hydrogen-bond acceptors (Lipinski definition) is 3. The molecule has 1 saturated heterocycles. The molecular formula is C28H28N4O2. The third kappa shape index (κ3) is 3.05. The Bertz CT molecular complexity index is 1500. The summed E-state index contributed by atoms with van der Waals surface area (Å²) in [5.74, 6) is 0.435. The number of nitrogens with one attached hydrogen (secondary N) is 1. The summed E-state index contributed by atoms with van der Waals surface area (Å²) in [5.41, 5.74) is 7.35. The molecule has 3 heterocycles. The molecule has 0 radical (unpaired) electrons. The highest BCUT2D eigenvalue weighted by Gasteiger charge is 2.49. The van der Waals surface area contributed by atoms with E-state index in [1.807, 2.05) is 30.5 Å². The number of likely N-dealkylation sites (tertiary alicyclic amines) is 1. The number of imidazole rings is 1. The fourth-order valence-corrected chi connectivity index (χ4v) is 6.05. The Hall–Kier alpha value is -3.67. The summed E-state index contributed by atoms with van der Waals surface area (Å²) in [4.78, 5) is 34.9. The number of pyridine rings is 1. The van der Waals surface area contributed by atoms with Gasteiger partial charge in [-0.15, -0.1) is 0 Å². The Morgan fingerprint density at radius 1 is 1.12 bits per heavy atom. The van der Waals surface area contributed by atoms with Gasteiger partial charge in [0.25, 0.3) is 5.91 Å². The Labute approximate surface area is 198 Å². The lowest BCUT2D eigenvalue weighted by atomic mass is 9.58. The average Bonchev–Trinajstić information content (AvgIpc) is 3.31. The number of piperidine rings is 1. The Morgan fingerprint density at radius 2 is 1.94 bits per heavy atom. The van der Waals surface area contributed by atoms with Crippen molar-refractivity contribution in [1.29, 1.82) is 0 Å². The molecule has 1 amide bonds. The van der Waals surface area contributed by atoms with Crippen LogP contribution in [0.2, 0.25) is 0 Å². The van der Waals surface area contributed by atoms with Crippen LogP contribution in [0, 0.1) is 5.92 Å². The molecule has 3 atom stereocenters. The smallest absolute Gasteiger partial charge is 0.254 e. The fraction of sp³-hybridized carbons (Fsp3) is 0.321. The van der Waals surface area contributed by atoms with Gasteiger partial charge in [0, 0.05) is 37.5 Å². The van der Waals surface area contributed by atoms with Crippen molar-refractivity contribution in [2.45, 2.75) is 38.1 Å². The molecule has 2 aromatic heterocycles. The molecule has 0 unspecified atom stereocenters. The SMILES string of the molecule is C[C@@H]1[C@H]2Cc3ccc(-c4ccc(=O)n(C)c4)cc3[C@]1(C)CCN2C(=O)c1ccc2nc[nH]c2c1. The van der Waals surface area contributed by atoms with Crippen LogP contribution < -0.4 is 5.56 Å². The van der Waals surface area contributed by atoms with Crippen LogP contribution >= 0.6 is 0 Å². The number of carbonyl (C=O) groups excluding carboxylic acids is 1. The zero-order valence-corrected chi connectivity index (χ0v) is 19.7. The van der Waals surface area contributed by atoms with E-state index in [9.17, 15) is 9.59 Å². The zero-order chi connectivity index (χ0) is 23.6. The maximum atomic E-state index is 13.6. The summed E-state index contributed by atoms with van der Waals surface area (Å²) < 4.78 is 1.62. The van der Waals surface area contributed by atoms with Gasteiger partial charge in [0.05, 0.1) is 17.4 Å². The molecule has 6 heteroatoms. The van der Waals surface area contributed by atoms with Gasteiger partial charge >= 0.3 is 0 Å². The zero-order valence-electron chi connectivity index (χ0n) is 19.7. The van der Waals surface area contributed by atoms with E-state index in [0.717, 1.165) is 41.5 Å². The van der Waals surface area contributed by atoms with Crippen molar-refractivity contribution in [3.8, 4) is 11.1 Å². The summed E-state index contributed by atoms with van der Waals surface area (Å²) in [6, 6.07) is 16.1. The molecule has 34 heavy (non-hydrogen) atoms. The molecule has 6 nitrogen and oxygen atoms in total. The molecule has 1 N–H and O–H groups in total. The first-order valence-electron chi connectivity index (χ1n) is 11.9. The standard InChI is InChI=1S/C28H28N4O2/c1-17-25-14-19-5-4-18(21-7-9-26(33)31(3)15-21)12-22(19)28(17,2)10-11-32(25)27(34)20-6-8-23-24(13-20)30-16-29-23/h4-9,12-13,15-17,25H,10-11,14H2,1-3H3,(H,29,30)/t17-,25-,28-/m1/s1. The lowest BCUT2D eigenvalue weighted by molar-refractivity contribution is 0.0251. The number of H-pyrrole nitrogens is 1. The number of nitrogens with zero attached hydrogens (tertiary/aromatic N) is 3. The highest BCUT2D eigenvalue weighted by atomic mass is 16.2. The minimum absolute atomic E-state index is 0.000960. The fourth-order valence-electron chi connectivity index (χ4n) is 6.05. The van der Waals surface area contributed by atoms with Gasteiger partial charge in [-0.2, -0.15) is 0 Å². The van der Waals surface area contributed by atoms with E-state index < -0.39 is 0 Å². The molecular weight excluding hydrogens is 424 g/mol. The molecule has 4 aromatic rings. The summed E-state index contributed by atoms with van der Waals surface area (Å²) in [7, 11) is 1.79. The van der Waals surface area contributed by atoms with Gasteiger partial charge in [-0.1, -0.05) is 32.0 Å². The number of benzene rings is 2. The minimum Gasteiger partial charge on any atom is -0.345 e. The van der Waals surface area contributed by atoms with Crippen LogP contribution in [-0.2, 0) is 18.9 Å². The number of aromatic nitrogens is 3. The third-order valence-electron chi connectivity index (χ3n) is 8.36. The van der Waals surface area contributed by atoms with Crippen LogP contribution in [0.3, 0.4) is 0 Å². The van der Waals surface area contributed by atoms with Gasteiger partial charge in [-0.25, -0.2) is 4.98 Å². The minimum atomic E-state index is -0.00569. The molecule has 0 spiro atoms. The Kier molecular flexibility index (Phi) is 4.56. The van der Waals surface area contributed by atoms with Crippen molar-refractivity contribution in [2.24, 2.45) is 13.0 Å². The van der Waals surface area contributed by atoms with Crippen LogP contribution in [0.5, 0.6) is 0 Å². The number of amides is 1. The van der Waals surface area contributed by atoms with E-state index in [0.29, 0.717) is 11.5 Å². The Morgan fingerprint density at radius 3 is 2.76 bits per heavy atom. The van der Waals surface area contributed by atoms with E-state index in [-0.39, 0.29) is 22.9 Å². The van der Waals surface area contributed by atoms with E-state index >= 15 is 0 Å². The van der Waals surface area contributed by atoms with E-state index in [1.165, 1.54) is 11.1 Å². The molecule has 2 aromatic carbocycles. The van der Waals surface area contributed by atoms with Crippen LogP contribution in [0.25, 0.3) is 22.2 Å². The van der Waals surface area contributed by atoms with Crippen LogP contribution in [-0.4, -0.2) is 37.9 Å². The maximum absolute atomic E-state index is 13.6. The first-order chi connectivity index (χ1) is 16.3. The predicted molar refractivity (Wildman–Crippen MR) is 133 cm³/mol. The highest BCUT2D eigenvalue weighted by molar-refractivity contribution is 5.97. The van der Waals surface area contributed by atoms with Gasteiger partial charge in [-0.05, 0) is 70.7 Å². The van der Waals surface area contributed by atoms with E-state index in [4.69, 9.17) is 0 Å². The van der Waals surface area contributed by atoms with E-state index in [2.05, 4.69) is 46.9 Å². The number of hydrogen-bond donors (Lipinski definition) is 1. The molecule has 2 aliphatic rings. The quantitative estimate of drug-likeness (QED) is 0.493. The largest absolute Gasteiger partial charge is 0.345 e. The van der Waals surface area contributed by atoms with Crippen molar-refractivity contribution in [2.75, 3.05) is 6.54 Å². The van der Waals surface area contributed by atoms with Crippen LogP contribution in [0.15, 0.2) is 65.8 Å². The molecule has 172 valence electrons. The van der Waals surface area contributed by atoms with Gasteiger partial charge in [0.1, 0.15) is 0 Å².